The van der Waals surface area contributed by atoms with E-state index in [4.69, 9.17) is 23.7 Å². The lowest BCUT2D eigenvalue weighted by Gasteiger charge is -2.62. The fourth-order valence-electron chi connectivity index (χ4n) is 13.0. The van der Waals surface area contributed by atoms with Crippen LogP contribution in [0, 0.1) is 0 Å². The Morgan fingerprint density at radius 2 is 1.27 bits per heavy atom. The summed E-state index contributed by atoms with van der Waals surface area (Å²) in [4.78, 5) is 30.0. The van der Waals surface area contributed by atoms with Crippen LogP contribution in [0.5, 0.6) is 23.0 Å². The van der Waals surface area contributed by atoms with Gasteiger partial charge in [-0.2, -0.15) is 0 Å². The number of aliphatic hydroxyl groups is 2. The smallest absolute Gasteiger partial charge is 0.310 e. The van der Waals surface area contributed by atoms with Crippen molar-refractivity contribution in [2.45, 2.75) is 162 Å². The Labute approximate surface area is 349 Å². The molecule has 4 heterocycles. The number of unbranched alkanes of at least 4 members (excludes halogenated alkanes) is 8. The van der Waals surface area contributed by atoms with Crippen molar-refractivity contribution in [1.82, 2.24) is 9.80 Å². The van der Waals surface area contributed by atoms with E-state index in [9.17, 15) is 19.8 Å². The number of carbonyl (C=O) groups excluding carboxylic acids is 2. The number of hydrogen-bond donors (Lipinski definition) is 2. The molecule has 3 fully saturated rings. The van der Waals surface area contributed by atoms with E-state index in [1.807, 2.05) is 18.2 Å². The van der Waals surface area contributed by atoms with Crippen LogP contribution in [0.15, 0.2) is 36.1 Å². The molecule has 1 saturated carbocycles. The predicted octanol–water partition coefficient (Wildman–Crippen LogP) is 6.49. The summed E-state index contributed by atoms with van der Waals surface area (Å²) in [5, 5.41) is 24.0. The molecule has 2 aromatic rings. The lowest BCUT2D eigenvalue weighted by atomic mass is 9.49. The largest absolute Gasteiger partial charge is 0.493 e. The molecule has 4 aliphatic heterocycles. The molecule has 0 aromatic heterocycles. The molecule has 2 unspecified atom stereocenters. The van der Waals surface area contributed by atoms with Gasteiger partial charge in [-0.15, -0.1) is 0 Å². The Hall–Kier alpha value is -3.64. The standard InChI is InChI=1S/C30H43NO5.C18H21NO4/c1-4-5-6-7-8-9-10-11-12-13-25(32)35-23-16-17-30(33)24-20-21-14-15-22(34-3)27-26(21)29(30,28(23)36-27)18-19-31(24)2;1-19-8-7-17-14-10-3-4-12(22-2)15(14)23-16(17)11(20)5-6-18(17,21)13(19)9-10/h14-16,24,28,33H,4-13,17-20H2,1-3H3;3-4,13,16,21H,5-9H2,1-2H3/t24-,28?,29+,30-;13-,16?,17+,18-/m11/s1. The molecular formula is C48H64N2O9. The Bertz CT molecular complexity index is 2020. The molecule has 0 radical (unpaired) electrons. The highest BCUT2D eigenvalue weighted by Crippen LogP contribution is 2.66. The number of likely N-dealkylation sites (tertiary alicyclic amines) is 2. The second-order valence-electron chi connectivity index (χ2n) is 18.8. The molecule has 0 amide bonds. The summed E-state index contributed by atoms with van der Waals surface area (Å²) >= 11 is 0. The minimum atomic E-state index is -0.970. The molecule has 10 rings (SSSR count). The molecule has 2 saturated heterocycles. The van der Waals surface area contributed by atoms with Crippen molar-refractivity contribution in [1.29, 1.82) is 0 Å². The fourth-order valence-corrected chi connectivity index (χ4v) is 13.0. The Morgan fingerprint density at radius 1 is 0.746 bits per heavy atom. The van der Waals surface area contributed by atoms with Gasteiger partial charge in [0, 0.05) is 42.5 Å². The summed E-state index contributed by atoms with van der Waals surface area (Å²) in [5.74, 6) is 3.23. The lowest BCUT2D eigenvalue weighted by molar-refractivity contribution is -0.185. The van der Waals surface area contributed by atoms with Crippen LogP contribution in [-0.2, 0) is 38.0 Å². The van der Waals surface area contributed by atoms with Gasteiger partial charge in [-0.25, -0.2) is 0 Å². The van der Waals surface area contributed by atoms with Gasteiger partial charge in [-0.3, -0.25) is 9.59 Å². The van der Waals surface area contributed by atoms with Crippen molar-refractivity contribution in [3.8, 4) is 23.0 Å². The average Bonchev–Trinajstić information content (AvgIpc) is 3.78. The predicted molar refractivity (Wildman–Crippen MR) is 222 cm³/mol. The molecule has 320 valence electrons. The number of benzene rings is 2. The quantitative estimate of drug-likeness (QED) is 0.170. The van der Waals surface area contributed by atoms with Crippen molar-refractivity contribution in [3.63, 3.8) is 0 Å². The van der Waals surface area contributed by atoms with E-state index in [2.05, 4.69) is 43.0 Å². The number of esters is 1. The van der Waals surface area contributed by atoms with Crippen molar-refractivity contribution < 1.29 is 43.5 Å². The van der Waals surface area contributed by atoms with Gasteiger partial charge in [-0.1, -0.05) is 70.4 Å². The molecular weight excluding hydrogens is 749 g/mol. The van der Waals surface area contributed by atoms with Gasteiger partial charge in [-0.05, 0) is 95.0 Å². The van der Waals surface area contributed by atoms with Gasteiger partial charge in [0.2, 0.25) is 0 Å². The summed E-state index contributed by atoms with van der Waals surface area (Å²) in [6, 6.07) is 8.12. The third kappa shape index (κ3) is 5.87. The maximum atomic E-state index is 12.9. The summed E-state index contributed by atoms with van der Waals surface area (Å²) in [6.45, 7) is 3.98. The minimum Gasteiger partial charge on any atom is -0.493 e. The molecule has 4 aliphatic carbocycles. The monoisotopic (exact) mass is 812 g/mol. The van der Waals surface area contributed by atoms with Gasteiger partial charge < -0.3 is 43.7 Å². The minimum absolute atomic E-state index is 0.000306. The molecule has 8 atom stereocenters. The van der Waals surface area contributed by atoms with Gasteiger partial charge in [0.15, 0.2) is 41.0 Å². The first-order chi connectivity index (χ1) is 28.5. The number of Topliss-reactive ketones (excluding diaryl/α,β-unsaturated/α-hetero) is 1. The van der Waals surface area contributed by atoms with Gasteiger partial charge >= 0.3 is 5.97 Å². The fraction of sp³-hybridized carbons (Fsp3) is 0.667. The van der Waals surface area contributed by atoms with Gasteiger partial charge in [0.05, 0.1) is 36.3 Å². The molecule has 2 spiro atoms. The highest BCUT2D eigenvalue weighted by molar-refractivity contribution is 5.90. The number of nitrogens with zero attached hydrogens (tertiary/aromatic N) is 2. The Morgan fingerprint density at radius 3 is 1.85 bits per heavy atom. The zero-order valence-electron chi connectivity index (χ0n) is 35.8. The Balaban J connectivity index is 0.000000167. The maximum absolute atomic E-state index is 12.9. The summed E-state index contributed by atoms with van der Waals surface area (Å²) in [5.41, 5.74) is 1.42. The van der Waals surface area contributed by atoms with Crippen LogP contribution >= 0.6 is 0 Å². The second-order valence-corrected chi connectivity index (χ2v) is 18.8. The van der Waals surface area contributed by atoms with Crippen LogP contribution in [0.2, 0.25) is 0 Å². The van der Waals surface area contributed by atoms with E-state index in [1.165, 1.54) is 56.1 Å². The molecule has 2 N–H and O–H groups in total. The van der Waals surface area contributed by atoms with Crippen LogP contribution in [0.25, 0.3) is 0 Å². The third-order valence-electron chi connectivity index (χ3n) is 16.0. The van der Waals surface area contributed by atoms with Crippen LogP contribution in [0.1, 0.15) is 125 Å². The van der Waals surface area contributed by atoms with E-state index in [0.717, 1.165) is 62.7 Å². The van der Waals surface area contributed by atoms with E-state index < -0.39 is 34.2 Å². The molecule has 4 bridgehead atoms. The molecule has 2 aromatic carbocycles. The van der Waals surface area contributed by atoms with Gasteiger partial charge in [0.25, 0.3) is 0 Å². The number of carbonyl (C=O) groups is 2. The van der Waals surface area contributed by atoms with E-state index in [-0.39, 0.29) is 23.8 Å². The van der Waals surface area contributed by atoms with Gasteiger partial charge in [0.1, 0.15) is 5.76 Å². The summed E-state index contributed by atoms with van der Waals surface area (Å²) in [6.07, 6.45) is 16.6. The zero-order valence-corrected chi connectivity index (χ0v) is 35.8. The first kappa shape index (κ1) is 40.7. The van der Waals surface area contributed by atoms with Crippen LogP contribution < -0.4 is 18.9 Å². The normalized spacial score (nSPS) is 34.0. The number of hydrogen-bond acceptors (Lipinski definition) is 11. The molecule has 11 heteroatoms. The van der Waals surface area contributed by atoms with E-state index in [1.54, 1.807) is 14.2 Å². The first-order valence-corrected chi connectivity index (χ1v) is 22.5. The number of likely N-dealkylation sites (N-methyl/N-ethyl adjacent to an activating group) is 2. The number of rotatable bonds is 13. The molecule has 11 nitrogen and oxygen atoms in total. The average molecular weight is 813 g/mol. The second kappa shape index (κ2) is 15.4. The van der Waals surface area contributed by atoms with Crippen LogP contribution in [0.3, 0.4) is 0 Å². The molecule has 8 aliphatic rings. The Kier molecular flexibility index (Phi) is 10.6. The first-order valence-electron chi connectivity index (χ1n) is 22.5. The van der Waals surface area contributed by atoms with Crippen molar-refractivity contribution in [2.75, 3.05) is 41.4 Å². The van der Waals surface area contributed by atoms with E-state index >= 15 is 0 Å². The van der Waals surface area contributed by atoms with Crippen molar-refractivity contribution in [2.24, 2.45) is 0 Å². The molecule has 59 heavy (non-hydrogen) atoms. The van der Waals surface area contributed by atoms with E-state index in [0.29, 0.717) is 54.4 Å². The summed E-state index contributed by atoms with van der Waals surface area (Å²) in [7, 11) is 7.44. The topological polar surface area (TPSA) is 127 Å². The van der Waals surface area contributed by atoms with Crippen LogP contribution in [0.4, 0.5) is 0 Å². The number of methoxy groups -OCH3 is 2. The zero-order chi connectivity index (χ0) is 41.3. The third-order valence-corrected chi connectivity index (χ3v) is 16.0. The van der Waals surface area contributed by atoms with Crippen LogP contribution in [-0.4, -0.2) is 109 Å². The SMILES string of the molecule is CCCCCCCCCCCC(=O)OC1=CC[C@@]2(O)[C@H]3Cc4ccc(OC)c5c4[C@@]2(CCN3C)C1O5.COc1ccc2c3c1OC1C(=O)CC[C@@]4(O)[C@@H](C2)N(C)CC[C@]314. The summed E-state index contributed by atoms with van der Waals surface area (Å²) < 4.78 is 29.8. The van der Waals surface area contributed by atoms with Crippen molar-refractivity contribution >= 4 is 11.8 Å². The highest BCUT2D eigenvalue weighted by Gasteiger charge is 2.74. The number of ether oxygens (including phenoxy) is 5. The highest BCUT2D eigenvalue weighted by atomic mass is 16.6. The lowest BCUT2D eigenvalue weighted by Crippen LogP contribution is -2.76. The number of piperidine rings is 2. The van der Waals surface area contributed by atoms with Crippen molar-refractivity contribution in [3.05, 3.63) is 58.4 Å². The number of ketones is 1. The maximum Gasteiger partial charge on any atom is 0.310 e.